The van der Waals surface area contributed by atoms with Crippen molar-refractivity contribution >= 4 is 44.8 Å². The van der Waals surface area contributed by atoms with E-state index in [0.29, 0.717) is 5.02 Å². The van der Waals surface area contributed by atoms with Crippen molar-refractivity contribution in [1.29, 1.82) is 0 Å². The van der Waals surface area contributed by atoms with Crippen molar-refractivity contribution in [2.45, 2.75) is 6.54 Å². The summed E-state index contributed by atoms with van der Waals surface area (Å²) in [5.74, 6) is 0. The summed E-state index contributed by atoms with van der Waals surface area (Å²) < 4.78 is 0. The lowest BCUT2D eigenvalue weighted by molar-refractivity contribution is 0.831. The molecule has 0 fully saturated rings. The highest BCUT2D eigenvalue weighted by Crippen LogP contribution is 2.44. The Hall–Kier alpha value is -0.700. The van der Waals surface area contributed by atoms with Crippen molar-refractivity contribution in [3.05, 3.63) is 52.0 Å². The van der Waals surface area contributed by atoms with E-state index < -0.39 is 0 Å². The molecule has 1 heterocycles. The number of halogens is 3. The predicted octanol–water partition coefficient (Wildman–Crippen LogP) is 5.38. The quantitative estimate of drug-likeness (QED) is 0.653. The third-order valence-corrected chi connectivity index (χ3v) is 4.23. The van der Waals surface area contributed by atoms with Crippen LogP contribution in [0, 0.1) is 0 Å². The van der Waals surface area contributed by atoms with Gasteiger partial charge in [0, 0.05) is 29.0 Å². The van der Waals surface area contributed by atoms with Crippen LogP contribution in [0.15, 0.2) is 36.4 Å². The summed E-state index contributed by atoms with van der Waals surface area (Å²) in [6.45, 7) is 1.80. The number of fused-ring (bicyclic) bond motifs is 3. The van der Waals surface area contributed by atoms with E-state index in [9.17, 15) is 0 Å². The Morgan fingerprint density at radius 1 is 1.11 bits per heavy atom. The summed E-state index contributed by atoms with van der Waals surface area (Å²) in [6, 6.07) is 12.2. The molecule has 3 rings (SSSR count). The monoisotopic (exact) mass is 355 g/mol. The van der Waals surface area contributed by atoms with Crippen LogP contribution < -0.4 is 4.90 Å². The second kappa shape index (κ2) is 5.35. The Kier molecular flexibility index (Phi) is 3.75. The molecular weight excluding hydrogens is 345 g/mol. The molecule has 1 nitrogen and oxygen atoms in total. The van der Waals surface area contributed by atoms with Gasteiger partial charge in [0.05, 0.1) is 10.7 Å². The van der Waals surface area contributed by atoms with Gasteiger partial charge in [-0.2, -0.15) is 0 Å². The van der Waals surface area contributed by atoms with Crippen LogP contribution in [0.2, 0.25) is 10.0 Å². The minimum absolute atomic E-state index is 0.680. The Morgan fingerprint density at radius 2 is 1.89 bits per heavy atom. The lowest BCUT2D eigenvalue weighted by Gasteiger charge is -2.33. The van der Waals surface area contributed by atoms with Crippen molar-refractivity contribution in [2.24, 2.45) is 0 Å². The number of benzene rings is 2. The number of hydrogen-bond donors (Lipinski definition) is 0. The molecule has 0 saturated heterocycles. The first-order valence-corrected chi connectivity index (χ1v) is 7.96. The van der Waals surface area contributed by atoms with E-state index in [0.717, 1.165) is 34.7 Å². The number of anilines is 1. The van der Waals surface area contributed by atoms with Gasteiger partial charge in [0.2, 0.25) is 0 Å². The Labute approximate surface area is 131 Å². The first-order chi connectivity index (χ1) is 9.20. The van der Waals surface area contributed by atoms with Crippen LogP contribution >= 0.6 is 39.1 Å². The van der Waals surface area contributed by atoms with Gasteiger partial charge < -0.3 is 4.90 Å². The lowest BCUT2D eigenvalue weighted by Crippen LogP contribution is -2.28. The first kappa shape index (κ1) is 13.3. The molecule has 0 atom stereocenters. The molecule has 2 aromatic rings. The van der Waals surface area contributed by atoms with Gasteiger partial charge in [-0.3, -0.25) is 0 Å². The van der Waals surface area contributed by atoms with E-state index in [1.54, 1.807) is 0 Å². The molecule has 1 aliphatic rings. The van der Waals surface area contributed by atoms with E-state index in [1.807, 2.05) is 12.1 Å². The molecule has 98 valence electrons. The number of rotatable bonds is 2. The molecule has 0 bridgehead atoms. The van der Waals surface area contributed by atoms with Gasteiger partial charge in [-0.1, -0.05) is 63.4 Å². The van der Waals surface area contributed by atoms with Crippen LogP contribution in [-0.2, 0) is 6.54 Å². The Bertz CT molecular complexity index is 628. The van der Waals surface area contributed by atoms with Crippen molar-refractivity contribution in [3.8, 4) is 11.1 Å². The van der Waals surface area contributed by atoms with E-state index in [2.05, 4.69) is 45.1 Å². The minimum atomic E-state index is 0.680. The molecule has 2 aromatic carbocycles. The maximum atomic E-state index is 6.40. The number of alkyl halides is 1. The molecule has 0 spiro atoms. The molecule has 0 radical (unpaired) electrons. The molecule has 0 N–H and O–H groups in total. The highest BCUT2D eigenvalue weighted by molar-refractivity contribution is 9.09. The summed E-state index contributed by atoms with van der Waals surface area (Å²) in [5.41, 5.74) is 4.76. The zero-order valence-electron chi connectivity index (χ0n) is 10.2. The molecule has 0 saturated carbocycles. The molecular formula is C15H12BrCl2N. The Morgan fingerprint density at radius 3 is 2.68 bits per heavy atom. The average molecular weight is 357 g/mol. The first-order valence-electron chi connectivity index (χ1n) is 6.09. The molecule has 19 heavy (non-hydrogen) atoms. The van der Waals surface area contributed by atoms with Gasteiger partial charge in [-0.15, -0.1) is 0 Å². The average Bonchev–Trinajstić information content (AvgIpc) is 2.38. The molecule has 0 unspecified atom stereocenters. The fraction of sp³-hybridized carbons (Fsp3) is 0.200. The maximum absolute atomic E-state index is 6.40. The second-order valence-electron chi connectivity index (χ2n) is 4.55. The van der Waals surface area contributed by atoms with Gasteiger partial charge in [-0.25, -0.2) is 0 Å². The van der Waals surface area contributed by atoms with Crippen LogP contribution in [0.4, 0.5) is 5.69 Å². The highest BCUT2D eigenvalue weighted by Gasteiger charge is 2.24. The molecule has 0 aliphatic carbocycles. The van der Waals surface area contributed by atoms with Crippen molar-refractivity contribution in [2.75, 3.05) is 16.8 Å². The summed E-state index contributed by atoms with van der Waals surface area (Å²) in [6.07, 6.45) is 0. The van der Waals surface area contributed by atoms with Gasteiger partial charge in [0.1, 0.15) is 0 Å². The van der Waals surface area contributed by atoms with Crippen molar-refractivity contribution in [3.63, 3.8) is 0 Å². The second-order valence-corrected chi connectivity index (χ2v) is 6.19. The molecule has 0 amide bonds. The number of hydrogen-bond acceptors (Lipinski definition) is 1. The summed E-state index contributed by atoms with van der Waals surface area (Å²) in [5, 5.41) is 2.31. The van der Waals surface area contributed by atoms with E-state index in [1.165, 1.54) is 11.1 Å². The Balaban J connectivity index is 2.24. The van der Waals surface area contributed by atoms with Crippen LogP contribution in [0.1, 0.15) is 5.56 Å². The summed E-state index contributed by atoms with van der Waals surface area (Å²) >= 11 is 16.1. The molecule has 0 aromatic heterocycles. The van der Waals surface area contributed by atoms with Crippen LogP contribution in [0.5, 0.6) is 0 Å². The zero-order valence-corrected chi connectivity index (χ0v) is 13.3. The predicted molar refractivity (Wildman–Crippen MR) is 86.7 cm³/mol. The fourth-order valence-corrected chi connectivity index (χ4v) is 3.63. The SMILES string of the molecule is Clc1cc(Cl)c2c(c1)-c1ccccc1CN2CCBr. The van der Waals surface area contributed by atoms with Gasteiger partial charge in [-0.05, 0) is 23.3 Å². The van der Waals surface area contributed by atoms with Crippen LogP contribution in [0.3, 0.4) is 0 Å². The van der Waals surface area contributed by atoms with Gasteiger partial charge in [0.15, 0.2) is 0 Å². The normalized spacial score (nSPS) is 13.1. The van der Waals surface area contributed by atoms with E-state index >= 15 is 0 Å². The highest BCUT2D eigenvalue weighted by atomic mass is 79.9. The lowest BCUT2D eigenvalue weighted by atomic mass is 9.93. The molecule has 4 heteroatoms. The van der Waals surface area contributed by atoms with E-state index in [-0.39, 0.29) is 0 Å². The standard InChI is InChI=1S/C15H12BrCl2N/c16-5-6-19-9-10-3-1-2-4-12(10)13-7-11(17)8-14(18)15(13)19/h1-4,7-8H,5-6,9H2. The number of nitrogens with zero attached hydrogens (tertiary/aromatic N) is 1. The smallest absolute Gasteiger partial charge is 0.0660 e. The third-order valence-electron chi connectivity index (χ3n) is 3.37. The van der Waals surface area contributed by atoms with Gasteiger partial charge in [0.25, 0.3) is 0 Å². The largest absolute Gasteiger partial charge is 0.365 e. The summed E-state index contributed by atoms with van der Waals surface area (Å²) in [7, 11) is 0. The molecule has 1 aliphatic heterocycles. The summed E-state index contributed by atoms with van der Waals surface area (Å²) in [4.78, 5) is 2.30. The van der Waals surface area contributed by atoms with Gasteiger partial charge >= 0.3 is 0 Å². The van der Waals surface area contributed by atoms with Crippen molar-refractivity contribution in [1.82, 2.24) is 0 Å². The van der Waals surface area contributed by atoms with Crippen molar-refractivity contribution < 1.29 is 0 Å². The van der Waals surface area contributed by atoms with E-state index in [4.69, 9.17) is 23.2 Å². The maximum Gasteiger partial charge on any atom is 0.0660 e. The van der Waals surface area contributed by atoms with Crippen LogP contribution in [0.25, 0.3) is 11.1 Å². The third kappa shape index (κ3) is 2.37. The van der Waals surface area contributed by atoms with Crippen LogP contribution in [-0.4, -0.2) is 11.9 Å². The zero-order chi connectivity index (χ0) is 13.4. The minimum Gasteiger partial charge on any atom is -0.365 e. The topological polar surface area (TPSA) is 3.24 Å². The fourth-order valence-electron chi connectivity index (χ4n) is 2.59.